The van der Waals surface area contributed by atoms with Gasteiger partial charge in [-0.05, 0) is 6.42 Å². The fourth-order valence-electron chi connectivity index (χ4n) is 0.627. The smallest absolute Gasteiger partial charge is 0.243 e. The van der Waals surface area contributed by atoms with Gasteiger partial charge in [-0.3, -0.25) is 0 Å². The highest BCUT2D eigenvalue weighted by Crippen LogP contribution is 2.15. The summed E-state index contributed by atoms with van der Waals surface area (Å²) in [7, 11) is 0. The fourth-order valence-corrected chi connectivity index (χ4v) is 0.627. The van der Waals surface area contributed by atoms with Gasteiger partial charge in [0.15, 0.2) is 0 Å². The van der Waals surface area contributed by atoms with Gasteiger partial charge in [0.25, 0.3) is 0 Å². The standard InChI is InChI=1S/C7H15O4/c1-3-5-11-7(10,4-2)6(8)9/h6,8,10H,3-5H2,1-2H3. The average Bonchev–Trinajstić information content (AvgIpc) is 2.00. The first-order chi connectivity index (χ1) is 5.06. The zero-order valence-electron chi connectivity index (χ0n) is 6.91. The monoisotopic (exact) mass is 163 g/mol. The van der Waals surface area contributed by atoms with Gasteiger partial charge in [0.05, 0.1) is 0 Å². The third kappa shape index (κ3) is 3.16. The number of hydrogen-bond acceptors (Lipinski definition) is 3. The van der Waals surface area contributed by atoms with E-state index in [2.05, 4.69) is 0 Å². The van der Waals surface area contributed by atoms with Crippen LogP contribution in [0.5, 0.6) is 0 Å². The third-order valence-corrected chi connectivity index (χ3v) is 1.45. The minimum absolute atomic E-state index is 0.0949. The molecule has 0 aromatic rings. The van der Waals surface area contributed by atoms with Crippen molar-refractivity contribution < 1.29 is 20.1 Å². The molecule has 0 spiro atoms. The Labute approximate surface area is 66.4 Å². The van der Waals surface area contributed by atoms with E-state index in [9.17, 15) is 10.2 Å². The van der Waals surface area contributed by atoms with Gasteiger partial charge in [0, 0.05) is 13.0 Å². The van der Waals surface area contributed by atoms with Crippen molar-refractivity contribution in [3.63, 3.8) is 0 Å². The van der Waals surface area contributed by atoms with Gasteiger partial charge in [-0.15, -0.1) is 0 Å². The summed E-state index contributed by atoms with van der Waals surface area (Å²) in [6.45, 7) is 3.72. The van der Waals surface area contributed by atoms with Crippen LogP contribution in [0.15, 0.2) is 0 Å². The Balaban J connectivity index is 3.88. The van der Waals surface area contributed by atoms with E-state index < -0.39 is 12.1 Å². The lowest BCUT2D eigenvalue weighted by Gasteiger charge is -2.26. The SMILES string of the molecule is CCCOC(O)(CC)C([O])O. The van der Waals surface area contributed by atoms with Crippen LogP contribution in [0.2, 0.25) is 0 Å². The van der Waals surface area contributed by atoms with Crippen LogP contribution in [0, 0.1) is 0 Å². The predicted molar refractivity (Wildman–Crippen MR) is 38.2 cm³/mol. The van der Waals surface area contributed by atoms with E-state index in [1.54, 1.807) is 6.92 Å². The molecule has 0 aliphatic carbocycles. The maximum absolute atomic E-state index is 10.5. The van der Waals surface area contributed by atoms with Gasteiger partial charge in [-0.25, -0.2) is 0 Å². The summed E-state index contributed by atoms with van der Waals surface area (Å²) in [5.74, 6) is -1.91. The van der Waals surface area contributed by atoms with Crippen LogP contribution in [0.1, 0.15) is 26.7 Å². The molecule has 4 heteroatoms. The largest absolute Gasteiger partial charge is 0.362 e. The van der Waals surface area contributed by atoms with E-state index >= 15 is 0 Å². The Kier molecular flexibility index (Phi) is 4.60. The Hall–Kier alpha value is -0.160. The molecule has 2 N–H and O–H groups in total. The van der Waals surface area contributed by atoms with E-state index in [0.717, 1.165) is 0 Å². The highest BCUT2D eigenvalue weighted by Gasteiger charge is 2.34. The van der Waals surface area contributed by atoms with Gasteiger partial charge in [0.1, 0.15) is 0 Å². The molecule has 0 rings (SSSR count). The van der Waals surface area contributed by atoms with Crippen molar-refractivity contribution in [3.05, 3.63) is 0 Å². The van der Waals surface area contributed by atoms with Gasteiger partial charge < -0.3 is 14.9 Å². The van der Waals surface area contributed by atoms with Crippen LogP contribution in [0.3, 0.4) is 0 Å². The summed E-state index contributed by atoms with van der Waals surface area (Å²) in [5.41, 5.74) is 0. The normalized spacial score (nSPS) is 16.9. The minimum atomic E-state index is -2.08. The van der Waals surface area contributed by atoms with Crippen molar-refractivity contribution in [2.24, 2.45) is 0 Å². The molecule has 0 amide bonds. The molecule has 0 saturated heterocycles. The van der Waals surface area contributed by atoms with Gasteiger partial charge in [0.2, 0.25) is 12.1 Å². The third-order valence-electron chi connectivity index (χ3n) is 1.45. The van der Waals surface area contributed by atoms with Crippen molar-refractivity contribution in [2.75, 3.05) is 6.61 Å². The van der Waals surface area contributed by atoms with Crippen LogP contribution in [-0.4, -0.2) is 28.9 Å². The average molecular weight is 163 g/mol. The zero-order chi connectivity index (χ0) is 8.91. The molecule has 4 nitrogen and oxygen atoms in total. The molecule has 0 fully saturated rings. The summed E-state index contributed by atoms with van der Waals surface area (Å²) in [6, 6.07) is 0. The van der Waals surface area contributed by atoms with Crippen LogP contribution in [0.4, 0.5) is 0 Å². The summed E-state index contributed by atoms with van der Waals surface area (Å²) in [5, 5.41) is 28.3. The zero-order valence-corrected chi connectivity index (χ0v) is 6.91. The Morgan fingerprint density at radius 1 is 1.55 bits per heavy atom. The molecule has 67 valence electrons. The molecule has 0 bridgehead atoms. The molecular weight excluding hydrogens is 148 g/mol. The Bertz CT molecular complexity index is 105. The number of aliphatic hydroxyl groups excluding tert-OH is 1. The molecule has 0 aliphatic rings. The molecule has 0 aromatic carbocycles. The highest BCUT2D eigenvalue weighted by atomic mass is 16.7. The molecule has 2 unspecified atom stereocenters. The van der Waals surface area contributed by atoms with Crippen LogP contribution >= 0.6 is 0 Å². The lowest BCUT2D eigenvalue weighted by atomic mass is 10.2. The maximum atomic E-state index is 10.5. The Morgan fingerprint density at radius 3 is 2.36 bits per heavy atom. The molecule has 0 saturated carbocycles. The van der Waals surface area contributed by atoms with Crippen molar-refractivity contribution >= 4 is 0 Å². The van der Waals surface area contributed by atoms with E-state index in [-0.39, 0.29) is 13.0 Å². The second-order valence-electron chi connectivity index (χ2n) is 2.40. The summed E-state index contributed by atoms with van der Waals surface area (Å²) < 4.78 is 4.78. The van der Waals surface area contributed by atoms with Crippen molar-refractivity contribution in [1.82, 2.24) is 0 Å². The van der Waals surface area contributed by atoms with Crippen molar-refractivity contribution in [3.8, 4) is 0 Å². The van der Waals surface area contributed by atoms with Crippen LogP contribution in [-0.2, 0) is 9.84 Å². The lowest BCUT2D eigenvalue weighted by Crippen LogP contribution is -2.43. The molecule has 1 radical (unpaired) electrons. The molecule has 11 heavy (non-hydrogen) atoms. The van der Waals surface area contributed by atoms with E-state index in [1.165, 1.54) is 0 Å². The fraction of sp³-hybridized carbons (Fsp3) is 1.00. The maximum Gasteiger partial charge on any atom is 0.243 e. The molecule has 2 atom stereocenters. The van der Waals surface area contributed by atoms with E-state index in [1.807, 2.05) is 6.92 Å². The first-order valence-corrected chi connectivity index (χ1v) is 3.77. The first-order valence-electron chi connectivity index (χ1n) is 3.77. The molecular formula is C7H15O4. The molecule has 0 aromatic heterocycles. The summed E-state index contributed by atoms with van der Waals surface area (Å²) >= 11 is 0. The number of aliphatic hydroxyl groups is 2. The second kappa shape index (κ2) is 4.66. The van der Waals surface area contributed by atoms with E-state index in [4.69, 9.17) is 9.84 Å². The van der Waals surface area contributed by atoms with Gasteiger partial charge >= 0.3 is 0 Å². The predicted octanol–water partition coefficient (Wildman–Crippen LogP) is 0.261. The lowest BCUT2D eigenvalue weighted by molar-refractivity contribution is -0.328. The Morgan fingerprint density at radius 2 is 2.09 bits per heavy atom. The number of rotatable bonds is 5. The van der Waals surface area contributed by atoms with Gasteiger partial charge in [-0.1, -0.05) is 13.8 Å². The van der Waals surface area contributed by atoms with Crippen LogP contribution in [0.25, 0.3) is 0 Å². The quantitative estimate of drug-likeness (QED) is 0.571. The minimum Gasteiger partial charge on any atom is -0.362 e. The van der Waals surface area contributed by atoms with Crippen molar-refractivity contribution in [1.29, 1.82) is 0 Å². The molecule has 0 heterocycles. The second-order valence-corrected chi connectivity index (χ2v) is 2.40. The van der Waals surface area contributed by atoms with Crippen LogP contribution < -0.4 is 0 Å². The molecule has 0 aliphatic heterocycles. The summed E-state index contributed by atoms with van der Waals surface area (Å²) in [4.78, 5) is 0. The highest BCUT2D eigenvalue weighted by molar-refractivity contribution is 4.66. The first kappa shape index (κ1) is 10.8. The van der Waals surface area contributed by atoms with Gasteiger partial charge in [-0.2, -0.15) is 5.11 Å². The summed E-state index contributed by atoms with van der Waals surface area (Å²) in [6.07, 6.45) is -1.29. The topological polar surface area (TPSA) is 69.6 Å². The van der Waals surface area contributed by atoms with E-state index in [0.29, 0.717) is 6.42 Å². The number of hydrogen-bond donors (Lipinski definition) is 2. The van der Waals surface area contributed by atoms with Crippen molar-refractivity contribution in [2.45, 2.75) is 38.8 Å². The number of ether oxygens (including phenoxy) is 1.